The molecular formula is C15H29NO2. The Morgan fingerprint density at radius 3 is 2.33 bits per heavy atom. The van der Waals surface area contributed by atoms with Crippen molar-refractivity contribution in [1.29, 1.82) is 0 Å². The van der Waals surface area contributed by atoms with E-state index in [1.807, 2.05) is 25.7 Å². The van der Waals surface area contributed by atoms with Crippen molar-refractivity contribution in [1.82, 2.24) is 4.90 Å². The summed E-state index contributed by atoms with van der Waals surface area (Å²) in [5.41, 5.74) is -0.250. The minimum atomic E-state index is -0.418. The standard InChI is InChI=1S/C15H29NO2/c1-11-8-12(2)16(10-15(6,7)9-11)13(17)18-14(3,4)5/h11-12H,8-10H2,1-7H3. The van der Waals surface area contributed by atoms with Gasteiger partial charge in [0.05, 0.1) is 0 Å². The van der Waals surface area contributed by atoms with Crippen LogP contribution < -0.4 is 0 Å². The summed E-state index contributed by atoms with van der Waals surface area (Å²) < 4.78 is 5.52. The van der Waals surface area contributed by atoms with Gasteiger partial charge in [-0.15, -0.1) is 0 Å². The summed E-state index contributed by atoms with van der Waals surface area (Å²) in [6.07, 6.45) is 2.05. The lowest BCUT2D eigenvalue weighted by molar-refractivity contribution is 0.0119. The molecule has 3 heteroatoms. The topological polar surface area (TPSA) is 29.5 Å². The molecule has 0 radical (unpaired) electrons. The van der Waals surface area contributed by atoms with Crippen LogP contribution in [0.3, 0.4) is 0 Å². The third-order valence-electron chi connectivity index (χ3n) is 3.40. The Balaban J connectivity index is 2.82. The molecule has 0 bridgehead atoms. The normalized spacial score (nSPS) is 28.7. The van der Waals surface area contributed by atoms with Gasteiger partial charge in [-0.2, -0.15) is 0 Å². The molecule has 1 aliphatic rings. The van der Waals surface area contributed by atoms with Crippen molar-refractivity contribution in [3.05, 3.63) is 0 Å². The number of nitrogens with zero attached hydrogens (tertiary/aromatic N) is 1. The number of ether oxygens (including phenoxy) is 1. The molecule has 0 N–H and O–H groups in total. The van der Waals surface area contributed by atoms with E-state index in [-0.39, 0.29) is 17.6 Å². The van der Waals surface area contributed by atoms with E-state index in [0.717, 1.165) is 19.4 Å². The van der Waals surface area contributed by atoms with Crippen LogP contribution in [-0.2, 0) is 4.74 Å². The van der Waals surface area contributed by atoms with Gasteiger partial charge in [-0.3, -0.25) is 0 Å². The zero-order valence-electron chi connectivity index (χ0n) is 13.0. The van der Waals surface area contributed by atoms with E-state index < -0.39 is 5.60 Å². The lowest BCUT2D eigenvalue weighted by Crippen LogP contribution is -2.45. The number of likely N-dealkylation sites (tertiary alicyclic amines) is 1. The largest absolute Gasteiger partial charge is 0.444 e. The highest BCUT2D eigenvalue weighted by Crippen LogP contribution is 2.34. The Bertz CT molecular complexity index is 304. The van der Waals surface area contributed by atoms with Gasteiger partial charge in [-0.1, -0.05) is 20.8 Å². The maximum atomic E-state index is 12.3. The van der Waals surface area contributed by atoms with Gasteiger partial charge in [0.15, 0.2) is 0 Å². The number of hydrogen-bond donors (Lipinski definition) is 0. The number of carbonyl (C=O) groups is 1. The SMILES string of the molecule is CC1CC(C)N(C(=O)OC(C)(C)C)CC(C)(C)C1. The van der Waals surface area contributed by atoms with Gasteiger partial charge in [-0.05, 0) is 51.9 Å². The first-order valence-electron chi connectivity index (χ1n) is 7.00. The number of carbonyl (C=O) groups excluding carboxylic acids is 1. The van der Waals surface area contributed by atoms with Crippen molar-refractivity contribution in [2.24, 2.45) is 11.3 Å². The molecule has 1 fully saturated rings. The molecule has 0 aromatic heterocycles. The maximum Gasteiger partial charge on any atom is 0.410 e. The predicted molar refractivity (Wildman–Crippen MR) is 74.6 cm³/mol. The van der Waals surface area contributed by atoms with E-state index in [2.05, 4.69) is 27.7 Å². The van der Waals surface area contributed by atoms with Gasteiger partial charge in [0.1, 0.15) is 5.60 Å². The Morgan fingerprint density at radius 1 is 1.28 bits per heavy atom. The van der Waals surface area contributed by atoms with Gasteiger partial charge >= 0.3 is 6.09 Å². The Kier molecular flexibility index (Phi) is 4.34. The lowest BCUT2D eigenvalue weighted by Gasteiger charge is -2.34. The van der Waals surface area contributed by atoms with Crippen molar-refractivity contribution in [3.63, 3.8) is 0 Å². The lowest BCUT2D eigenvalue weighted by atomic mass is 9.83. The van der Waals surface area contributed by atoms with Gasteiger partial charge in [0, 0.05) is 12.6 Å². The van der Waals surface area contributed by atoms with Gasteiger partial charge in [0.25, 0.3) is 0 Å². The number of hydrogen-bond acceptors (Lipinski definition) is 2. The zero-order valence-corrected chi connectivity index (χ0v) is 13.0. The van der Waals surface area contributed by atoms with Crippen molar-refractivity contribution in [2.75, 3.05) is 6.54 Å². The zero-order chi connectivity index (χ0) is 14.1. The van der Waals surface area contributed by atoms with Crippen molar-refractivity contribution < 1.29 is 9.53 Å². The van der Waals surface area contributed by atoms with Gasteiger partial charge in [0.2, 0.25) is 0 Å². The first-order chi connectivity index (χ1) is 8.00. The van der Waals surface area contributed by atoms with Crippen LogP contribution in [0.1, 0.15) is 61.3 Å². The summed E-state index contributed by atoms with van der Waals surface area (Å²) in [4.78, 5) is 14.2. The van der Waals surface area contributed by atoms with E-state index >= 15 is 0 Å². The molecule has 0 aliphatic carbocycles. The molecule has 2 atom stereocenters. The molecule has 0 spiro atoms. The van der Waals surface area contributed by atoms with Crippen LogP contribution in [0.4, 0.5) is 4.79 Å². The summed E-state index contributed by atoms with van der Waals surface area (Å²) in [5.74, 6) is 0.655. The van der Waals surface area contributed by atoms with Gasteiger partial charge in [-0.25, -0.2) is 4.79 Å². The fourth-order valence-corrected chi connectivity index (χ4v) is 2.98. The molecule has 1 heterocycles. The van der Waals surface area contributed by atoms with Crippen LogP contribution >= 0.6 is 0 Å². The fourth-order valence-electron chi connectivity index (χ4n) is 2.98. The molecule has 18 heavy (non-hydrogen) atoms. The summed E-state index contributed by atoms with van der Waals surface area (Å²) >= 11 is 0. The molecule has 106 valence electrons. The van der Waals surface area contributed by atoms with E-state index in [4.69, 9.17) is 4.74 Å². The minimum Gasteiger partial charge on any atom is -0.444 e. The minimum absolute atomic E-state index is 0.168. The number of amides is 1. The van der Waals surface area contributed by atoms with E-state index in [9.17, 15) is 4.79 Å². The highest BCUT2D eigenvalue weighted by atomic mass is 16.6. The molecule has 1 rings (SSSR count). The molecule has 3 nitrogen and oxygen atoms in total. The number of rotatable bonds is 0. The summed E-state index contributed by atoms with van der Waals surface area (Å²) in [6.45, 7) is 15.4. The monoisotopic (exact) mass is 255 g/mol. The van der Waals surface area contributed by atoms with E-state index in [1.165, 1.54) is 0 Å². The smallest absolute Gasteiger partial charge is 0.410 e. The summed E-state index contributed by atoms with van der Waals surface area (Å²) in [6, 6.07) is 0.261. The maximum absolute atomic E-state index is 12.3. The van der Waals surface area contributed by atoms with Crippen LogP contribution in [0.15, 0.2) is 0 Å². The molecular weight excluding hydrogens is 226 g/mol. The van der Waals surface area contributed by atoms with E-state index in [1.54, 1.807) is 0 Å². The van der Waals surface area contributed by atoms with E-state index in [0.29, 0.717) is 5.92 Å². The fraction of sp³-hybridized carbons (Fsp3) is 0.933. The molecule has 0 aromatic carbocycles. The predicted octanol–water partition coefficient (Wildman–Crippen LogP) is 4.07. The summed E-state index contributed by atoms with van der Waals surface area (Å²) in [5, 5.41) is 0. The second-order valence-corrected chi connectivity index (χ2v) is 7.67. The van der Waals surface area contributed by atoms with Crippen LogP contribution in [0.5, 0.6) is 0 Å². The Morgan fingerprint density at radius 2 is 1.83 bits per heavy atom. The first-order valence-corrected chi connectivity index (χ1v) is 7.00. The van der Waals surface area contributed by atoms with Crippen LogP contribution in [0, 0.1) is 11.3 Å². The van der Waals surface area contributed by atoms with Crippen molar-refractivity contribution in [2.45, 2.75) is 73.0 Å². The molecule has 0 saturated carbocycles. The van der Waals surface area contributed by atoms with Crippen LogP contribution in [-0.4, -0.2) is 29.2 Å². The van der Waals surface area contributed by atoms with Gasteiger partial charge < -0.3 is 9.64 Å². The highest BCUT2D eigenvalue weighted by molar-refractivity contribution is 5.68. The second-order valence-electron chi connectivity index (χ2n) is 7.67. The Hall–Kier alpha value is -0.730. The average Bonchev–Trinajstić information content (AvgIpc) is 2.18. The van der Waals surface area contributed by atoms with Crippen molar-refractivity contribution >= 4 is 6.09 Å². The molecule has 2 unspecified atom stereocenters. The third-order valence-corrected chi connectivity index (χ3v) is 3.40. The average molecular weight is 255 g/mol. The molecule has 1 saturated heterocycles. The molecule has 0 aromatic rings. The Labute approximate surface area is 112 Å². The van der Waals surface area contributed by atoms with Crippen LogP contribution in [0.25, 0.3) is 0 Å². The highest BCUT2D eigenvalue weighted by Gasteiger charge is 2.36. The van der Waals surface area contributed by atoms with Crippen LogP contribution in [0.2, 0.25) is 0 Å². The quantitative estimate of drug-likeness (QED) is 0.653. The molecule has 1 aliphatic heterocycles. The third kappa shape index (κ3) is 4.51. The molecule has 1 amide bonds. The second kappa shape index (κ2) is 5.10. The first kappa shape index (κ1) is 15.3. The summed E-state index contributed by atoms with van der Waals surface area (Å²) in [7, 11) is 0. The van der Waals surface area contributed by atoms with Crippen molar-refractivity contribution in [3.8, 4) is 0 Å².